The van der Waals surface area contributed by atoms with Crippen molar-refractivity contribution in [2.75, 3.05) is 26.0 Å². The molecule has 1 aliphatic heterocycles. The number of sulfonamides is 1. The molecule has 0 aromatic heterocycles. The van der Waals surface area contributed by atoms with Gasteiger partial charge in [0.2, 0.25) is 10.0 Å². The van der Waals surface area contributed by atoms with Gasteiger partial charge in [0.1, 0.15) is 0 Å². The average molecular weight is 590 g/mol. The Morgan fingerprint density at radius 2 is 1.82 bits per heavy atom. The van der Waals surface area contributed by atoms with Gasteiger partial charge in [-0.3, -0.25) is 0 Å². The number of alkyl halides is 3. The standard InChI is InChI=1S/C18H27BrN2O4SSi.C2HF3O2/c1-25-16(22)18(21-26(23,24)7-8-27(2,3)4)15-9-14(19)6-5-13(15)10-17(18)11-20-12-17;3-2(4,5)1(6)7/h5-6,9,20-21H,7-8,10-12H2,1-4H3;(H,6,7). The van der Waals surface area contributed by atoms with Crippen LogP contribution in [0.25, 0.3) is 0 Å². The highest BCUT2D eigenvalue weighted by molar-refractivity contribution is 9.10. The smallest absolute Gasteiger partial charge is 0.475 e. The van der Waals surface area contributed by atoms with Crippen molar-refractivity contribution in [1.29, 1.82) is 0 Å². The first-order chi connectivity index (χ1) is 15.4. The summed E-state index contributed by atoms with van der Waals surface area (Å²) in [6.45, 7) is 7.53. The van der Waals surface area contributed by atoms with Crippen molar-refractivity contribution in [2.24, 2.45) is 5.41 Å². The van der Waals surface area contributed by atoms with E-state index < -0.39 is 47.2 Å². The number of esters is 1. The van der Waals surface area contributed by atoms with Crippen LogP contribution < -0.4 is 10.0 Å². The highest BCUT2D eigenvalue weighted by Gasteiger charge is 2.67. The van der Waals surface area contributed by atoms with E-state index in [1.165, 1.54) is 7.11 Å². The first-order valence-electron chi connectivity index (χ1n) is 10.3. The zero-order chi connectivity index (χ0) is 26.2. The molecule has 0 amide bonds. The van der Waals surface area contributed by atoms with Crippen LogP contribution in [-0.4, -0.2) is 65.7 Å². The van der Waals surface area contributed by atoms with Gasteiger partial charge >= 0.3 is 18.1 Å². The summed E-state index contributed by atoms with van der Waals surface area (Å²) >= 11 is 3.46. The van der Waals surface area contributed by atoms with Gasteiger partial charge in [-0.25, -0.2) is 18.0 Å². The van der Waals surface area contributed by atoms with Crippen LogP contribution in [0.5, 0.6) is 0 Å². The first-order valence-corrected chi connectivity index (χ1v) is 16.4. The van der Waals surface area contributed by atoms with Gasteiger partial charge in [0.15, 0.2) is 5.54 Å². The van der Waals surface area contributed by atoms with E-state index in [1.54, 1.807) is 0 Å². The number of benzene rings is 1. The minimum Gasteiger partial charge on any atom is -0.475 e. The summed E-state index contributed by atoms with van der Waals surface area (Å²) in [7, 11) is -3.91. The summed E-state index contributed by atoms with van der Waals surface area (Å²) in [5.41, 5.74) is -0.264. The molecule has 0 saturated carbocycles. The molecule has 8 nitrogen and oxygen atoms in total. The molecule has 1 heterocycles. The Balaban J connectivity index is 0.000000509. The fourth-order valence-corrected chi connectivity index (χ4v) is 8.92. The minimum atomic E-state index is -5.08. The van der Waals surface area contributed by atoms with Crippen molar-refractivity contribution in [3.05, 3.63) is 33.8 Å². The average Bonchev–Trinajstić information content (AvgIpc) is 2.96. The number of carboxylic acids is 1. The molecule has 1 spiro atoms. The third-order valence-corrected chi connectivity index (χ3v) is 9.85. The Labute approximate surface area is 205 Å². The van der Waals surface area contributed by atoms with Crippen LogP contribution in [0.1, 0.15) is 11.1 Å². The van der Waals surface area contributed by atoms with Crippen molar-refractivity contribution in [1.82, 2.24) is 10.0 Å². The fraction of sp³-hybridized carbons (Fsp3) is 0.600. The van der Waals surface area contributed by atoms with Crippen LogP contribution in [0.15, 0.2) is 22.7 Å². The van der Waals surface area contributed by atoms with E-state index in [9.17, 15) is 26.4 Å². The second-order valence-corrected chi connectivity index (χ2v) is 18.0. The molecule has 14 heteroatoms. The van der Waals surface area contributed by atoms with Gasteiger partial charge in [0.05, 0.1) is 12.9 Å². The number of fused-ring (bicyclic) bond motifs is 1. The van der Waals surface area contributed by atoms with E-state index in [4.69, 9.17) is 14.6 Å². The zero-order valence-electron chi connectivity index (χ0n) is 19.2. The molecule has 1 aromatic carbocycles. The zero-order valence-corrected chi connectivity index (χ0v) is 22.6. The number of hydrogen-bond acceptors (Lipinski definition) is 6. The van der Waals surface area contributed by atoms with Gasteiger partial charge in [0.25, 0.3) is 0 Å². The van der Waals surface area contributed by atoms with Crippen LogP contribution >= 0.6 is 15.9 Å². The van der Waals surface area contributed by atoms with Crippen LogP contribution in [0.3, 0.4) is 0 Å². The van der Waals surface area contributed by atoms with Gasteiger partial charge in [0, 0.05) is 31.1 Å². The number of hydrogen-bond donors (Lipinski definition) is 3. The Hall–Kier alpha value is -1.48. The van der Waals surface area contributed by atoms with Gasteiger partial charge < -0.3 is 15.2 Å². The lowest BCUT2D eigenvalue weighted by molar-refractivity contribution is -0.192. The third-order valence-electron chi connectivity index (χ3n) is 5.89. The van der Waals surface area contributed by atoms with E-state index in [2.05, 4.69) is 45.6 Å². The number of nitrogens with one attached hydrogen (secondary N) is 2. The first kappa shape index (κ1) is 28.8. The summed E-state index contributed by atoms with van der Waals surface area (Å²) in [5.74, 6) is -3.28. The van der Waals surface area contributed by atoms with Crippen LogP contribution in [0.4, 0.5) is 13.2 Å². The highest BCUT2D eigenvalue weighted by atomic mass is 79.9. The van der Waals surface area contributed by atoms with Gasteiger partial charge in [-0.2, -0.15) is 17.9 Å². The molecule has 1 unspecified atom stereocenters. The summed E-state index contributed by atoms with van der Waals surface area (Å²) in [5, 5.41) is 10.3. The Kier molecular flexibility index (Phi) is 8.35. The van der Waals surface area contributed by atoms with Crippen molar-refractivity contribution < 1.29 is 41.0 Å². The van der Waals surface area contributed by atoms with Gasteiger partial charge in [-0.1, -0.05) is 41.6 Å². The van der Waals surface area contributed by atoms with Crippen LogP contribution in [0.2, 0.25) is 25.7 Å². The maximum Gasteiger partial charge on any atom is 0.490 e. The third kappa shape index (κ3) is 6.01. The number of halogens is 4. The lowest BCUT2D eigenvalue weighted by atomic mass is 9.66. The topological polar surface area (TPSA) is 122 Å². The molecule has 0 bridgehead atoms. The molecule has 1 saturated heterocycles. The number of carbonyl (C=O) groups excluding carboxylic acids is 1. The van der Waals surface area contributed by atoms with E-state index in [0.29, 0.717) is 31.1 Å². The largest absolute Gasteiger partial charge is 0.490 e. The normalized spacial score (nSPS) is 21.2. The maximum atomic E-state index is 13.1. The van der Waals surface area contributed by atoms with E-state index >= 15 is 0 Å². The highest BCUT2D eigenvalue weighted by Crippen LogP contribution is 2.54. The van der Waals surface area contributed by atoms with E-state index in [-0.39, 0.29) is 5.75 Å². The van der Waals surface area contributed by atoms with Crippen LogP contribution in [-0.2, 0) is 36.3 Å². The van der Waals surface area contributed by atoms with Crippen LogP contribution in [0, 0.1) is 5.41 Å². The number of aliphatic carboxylic acids is 1. The SMILES string of the molecule is COC(=O)C1(NS(=O)(=O)CC[Si](C)(C)C)c2cc(Br)ccc2CC12CNC2.O=C(O)C(F)(F)F. The van der Waals surface area contributed by atoms with E-state index in [0.717, 1.165) is 10.0 Å². The summed E-state index contributed by atoms with van der Waals surface area (Å²) in [4.78, 5) is 22.0. The number of carbonyl (C=O) groups is 2. The molecule has 3 rings (SSSR count). The molecule has 1 atom stereocenters. The Bertz CT molecular complexity index is 1060. The van der Waals surface area contributed by atoms with Crippen molar-refractivity contribution >= 4 is 46.0 Å². The Morgan fingerprint density at radius 1 is 1.26 bits per heavy atom. The Morgan fingerprint density at radius 3 is 2.24 bits per heavy atom. The van der Waals surface area contributed by atoms with Crippen molar-refractivity contribution in [2.45, 2.75) is 43.8 Å². The van der Waals surface area contributed by atoms with E-state index in [1.807, 2.05) is 18.2 Å². The number of carboxylic acid groups (broad SMARTS) is 1. The second kappa shape index (κ2) is 9.88. The monoisotopic (exact) mass is 588 g/mol. The molecule has 34 heavy (non-hydrogen) atoms. The predicted molar refractivity (Wildman–Crippen MR) is 126 cm³/mol. The lowest BCUT2D eigenvalue weighted by Gasteiger charge is -2.50. The summed E-state index contributed by atoms with van der Waals surface area (Å²) in [6, 6.07) is 6.36. The predicted octanol–water partition coefficient (Wildman–Crippen LogP) is 2.85. The molecular weight excluding hydrogens is 561 g/mol. The lowest BCUT2D eigenvalue weighted by Crippen LogP contribution is -2.71. The maximum absolute atomic E-state index is 13.1. The molecule has 0 radical (unpaired) electrons. The van der Waals surface area contributed by atoms with Gasteiger partial charge in [-0.15, -0.1) is 0 Å². The van der Waals surface area contributed by atoms with Crippen molar-refractivity contribution in [3.63, 3.8) is 0 Å². The number of ether oxygens (including phenoxy) is 1. The molecule has 1 fully saturated rings. The second-order valence-electron chi connectivity index (χ2n) is 9.64. The number of rotatable bonds is 6. The summed E-state index contributed by atoms with van der Waals surface area (Å²) < 4.78 is 66.6. The molecule has 1 aliphatic carbocycles. The fourth-order valence-electron chi connectivity index (χ4n) is 4.06. The molecule has 192 valence electrons. The quantitative estimate of drug-likeness (QED) is 0.345. The van der Waals surface area contributed by atoms with Crippen molar-refractivity contribution in [3.8, 4) is 0 Å². The molecule has 3 N–H and O–H groups in total. The molecule has 1 aromatic rings. The minimum absolute atomic E-state index is 0.0221. The van der Waals surface area contributed by atoms with Gasteiger partial charge in [-0.05, 0) is 35.7 Å². The summed E-state index contributed by atoms with van der Waals surface area (Å²) in [6.07, 6.45) is -4.45. The molecule has 2 aliphatic rings. The number of methoxy groups -OCH3 is 1. The molecular formula is C20H28BrF3N2O6SSi.